The van der Waals surface area contributed by atoms with Crippen molar-refractivity contribution >= 4 is 41.4 Å². The molecule has 1 aromatic carbocycles. The first-order chi connectivity index (χ1) is 18.1. The number of benzene rings is 1. The van der Waals surface area contributed by atoms with E-state index >= 15 is 0 Å². The van der Waals surface area contributed by atoms with Gasteiger partial charge in [-0.15, -0.1) is 0 Å². The van der Waals surface area contributed by atoms with Gasteiger partial charge >= 0.3 is 5.97 Å². The number of carbonyl (C=O) groups excluding carboxylic acids is 4. The van der Waals surface area contributed by atoms with E-state index in [2.05, 4.69) is 16.0 Å². The molecule has 38 heavy (non-hydrogen) atoms. The zero-order valence-corrected chi connectivity index (χ0v) is 22.5. The van der Waals surface area contributed by atoms with Gasteiger partial charge in [-0.2, -0.15) is 11.8 Å². The summed E-state index contributed by atoms with van der Waals surface area (Å²) in [5.74, 6) is -3.19. The van der Waals surface area contributed by atoms with Crippen LogP contribution in [-0.4, -0.2) is 77.4 Å². The first-order valence-electron chi connectivity index (χ1n) is 12.5. The lowest BCUT2D eigenvalue weighted by atomic mass is 10.0. The molecule has 0 aromatic heterocycles. The Labute approximate surface area is 227 Å². The quantitative estimate of drug-likeness (QED) is 0.107. The fraction of sp³-hybridized carbons (Fsp3) is 0.560. The molecule has 0 aliphatic rings. The monoisotopic (exact) mass is 552 g/mol. The summed E-state index contributed by atoms with van der Waals surface area (Å²) < 4.78 is 0. The Bertz CT molecular complexity index is 919. The van der Waals surface area contributed by atoms with Crippen LogP contribution in [0.15, 0.2) is 30.3 Å². The molecule has 10 N–H and O–H groups in total. The standard InChI is InChI=1S/C25H40N6O6S/c1-38-14-12-17(27)22(33)31-20(15-16-7-3-2-4-8-16)24(35)29-18(9-5-6-13-26)23(34)30-19(25(36)37)10-11-21(28)32/h2-4,7-8,17-20H,5-6,9-15,26-27H2,1H3,(H2,28,32)(H,29,35)(H,30,34)(H,31,33)(H,36,37). The number of primary amides is 1. The lowest BCUT2D eigenvalue weighted by molar-refractivity contribution is -0.142. The topological polar surface area (TPSA) is 220 Å². The molecule has 0 radical (unpaired) electrons. The number of amides is 4. The van der Waals surface area contributed by atoms with E-state index in [0.717, 1.165) is 5.56 Å². The summed E-state index contributed by atoms with van der Waals surface area (Å²) in [7, 11) is 0. The number of nitrogens with two attached hydrogens (primary N) is 3. The van der Waals surface area contributed by atoms with Crippen LogP contribution in [-0.2, 0) is 30.4 Å². The molecule has 0 heterocycles. The van der Waals surface area contributed by atoms with Crippen LogP contribution in [0.1, 0.15) is 44.1 Å². The first kappa shape index (κ1) is 32.9. The number of carboxylic acids is 1. The molecule has 1 aromatic rings. The van der Waals surface area contributed by atoms with E-state index in [1.165, 1.54) is 0 Å². The van der Waals surface area contributed by atoms with Crippen LogP contribution >= 0.6 is 11.8 Å². The molecular formula is C25H40N6O6S. The van der Waals surface area contributed by atoms with Gasteiger partial charge in [0.15, 0.2) is 0 Å². The van der Waals surface area contributed by atoms with Crippen molar-refractivity contribution in [3.63, 3.8) is 0 Å². The molecular weight excluding hydrogens is 512 g/mol. The summed E-state index contributed by atoms with van der Waals surface area (Å²) in [4.78, 5) is 61.8. The smallest absolute Gasteiger partial charge is 0.326 e. The number of hydrogen-bond donors (Lipinski definition) is 7. The van der Waals surface area contributed by atoms with Gasteiger partial charge in [0.05, 0.1) is 6.04 Å². The summed E-state index contributed by atoms with van der Waals surface area (Å²) in [5, 5.41) is 17.2. The summed E-state index contributed by atoms with van der Waals surface area (Å²) in [6, 6.07) is 4.75. The molecule has 13 heteroatoms. The van der Waals surface area contributed by atoms with Gasteiger partial charge in [0.1, 0.15) is 18.1 Å². The minimum atomic E-state index is -1.36. The van der Waals surface area contributed by atoms with E-state index in [-0.39, 0.29) is 25.7 Å². The number of hydrogen-bond acceptors (Lipinski definition) is 8. The van der Waals surface area contributed by atoms with E-state index in [1.807, 2.05) is 24.5 Å². The second kappa shape index (κ2) is 18.2. The molecule has 0 spiro atoms. The van der Waals surface area contributed by atoms with Crippen LogP contribution in [0.5, 0.6) is 0 Å². The zero-order chi connectivity index (χ0) is 28.5. The Morgan fingerprint density at radius 3 is 2.05 bits per heavy atom. The van der Waals surface area contributed by atoms with Crippen LogP contribution in [0.4, 0.5) is 0 Å². The lowest BCUT2D eigenvalue weighted by Gasteiger charge is -2.25. The van der Waals surface area contributed by atoms with Gasteiger partial charge in [-0.05, 0) is 56.2 Å². The number of carbonyl (C=O) groups is 5. The Morgan fingerprint density at radius 1 is 0.868 bits per heavy atom. The average molecular weight is 553 g/mol. The van der Waals surface area contributed by atoms with Crippen molar-refractivity contribution in [1.82, 2.24) is 16.0 Å². The molecule has 4 amide bonds. The van der Waals surface area contributed by atoms with Crippen molar-refractivity contribution in [3.05, 3.63) is 35.9 Å². The molecule has 0 aliphatic carbocycles. The average Bonchev–Trinajstić information content (AvgIpc) is 2.88. The van der Waals surface area contributed by atoms with Crippen molar-refractivity contribution < 1.29 is 29.1 Å². The fourth-order valence-electron chi connectivity index (χ4n) is 3.56. The molecule has 0 aliphatic heterocycles. The molecule has 0 saturated carbocycles. The molecule has 1 rings (SSSR count). The molecule has 0 saturated heterocycles. The van der Waals surface area contributed by atoms with Crippen molar-refractivity contribution in [3.8, 4) is 0 Å². The van der Waals surface area contributed by atoms with Crippen molar-refractivity contribution in [1.29, 1.82) is 0 Å². The van der Waals surface area contributed by atoms with Crippen molar-refractivity contribution in [2.24, 2.45) is 17.2 Å². The normalized spacial score (nSPS) is 14.0. The van der Waals surface area contributed by atoms with Crippen LogP contribution in [0.25, 0.3) is 0 Å². The predicted octanol–water partition coefficient (Wildman–Crippen LogP) is -0.757. The highest BCUT2D eigenvalue weighted by Crippen LogP contribution is 2.08. The maximum Gasteiger partial charge on any atom is 0.326 e. The molecule has 0 fully saturated rings. The second-order valence-corrected chi connectivity index (χ2v) is 9.87. The predicted molar refractivity (Wildman–Crippen MR) is 146 cm³/mol. The maximum absolute atomic E-state index is 13.3. The van der Waals surface area contributed by atoms with Gasteiger partial charge in [0.2, 0.25) is 23.6 Å². The van der Waals surface area contributed by atoms with Crippen LogP contribution in [0.2, 0.25) is 0 Å². The molecule has 0 bridgehead atoms. The van der Waals surface area contributed by atoms with Gasteiger partial charge in [-0.1, -0.05) is 30.3 Å². The van der Waals surface area contributed by atoms with E-state index in [9.17, 15) is 29.1 Å². The Balaban J connectivity index is 3.07. The zero-order valence-electron chi connectivity index (χ0n) is 21.7. The second-order valence-electron chi connectivity index (χ2n) is 8.89. The van der Waals surface area contributed by atoms with Gasteiger partial charge < -0.3 is 38.3 Å². The summed E-state index contributed by atoms with van der Waals surface area (Å²) in [5.41, 5.74) is 17.4. The number of unbranched alkanes of at least 4 members (excludes halogenated alkanes) is 1. The molecule has 212 valence electrons. The summed E-state index contributed by atoms with van der Waals surface area (Å²) in [6.45, 7) is 0.374. The van der Waals surface area contributed by atoms with Crippen LogP contribution in [0.3, 0.4) is 0 Å². The number of carboxylic acid groups (broad SMARTS) is 1. The highest BCUT2D eigenvalue weighted by atomic mass is 32.2. The number of aliphatic carboxylic acids is 1. The van der Waals surface area contributed by atoms with E-state index < -0.39 is 53.8 Å². The van der Waals surface area contributed by atoms with Crippen LogP contribution in [0, 0.1) is 0 Å². The molecule has 4 unspecified atom stereocenters. The minimum Gasteiger partial charge on any atom is -0.480 e. The third-order valence-electron chi connectivity index (χ3n) is 5.76. The van der Waals surface area contributed by atoms with Gasteiger partial charge in [-0.25, -0.2) is 4.79 Å². The summed E-state index contributed by atoms with van der Waals surface area (Å²) in [6.07, 6.45) is 3.32. The highest BCUT2D eigenvalue weighted by molar-refractivity contribution is 7.98. The van der Waals surface area contributed by atoms with Gasteiger partial charge in [0.25, 0.3) is 0 Å². The highest BCUT2D eigenvalue weighted by Gasteiger charge is 2.30. The van der Waals surface area contributed by atoms with Gasteiger partial charge in [-0.3, -0.25) is 19.2 Å². The maximum atomic E-state index is 13.3. The minimum absolute atomic E-state index is 0.154. The van der Waals surface area contributed by atoms with Crippen molar-refractivity contribution in [2.75, 3.05) is 18.6 Å². The molecule has 12 nitrogen and oxygen atoms in total. The van der Waals surface area contributed by atoms with E-state index in [1.54, 1.807) is 23.9 Å². The van der Waals surface area contributed by atoms with Gasteiger partial charge in [0, 0.05) is 12.8 Å². The summed E-state index contributed by atoms with van der Waals surface area (Å²) >= 11 is 1.55. The Morgan fingerprint density at radius 2 is 1.47 bits per heavy atom. The third-order valence-corrected chi connectivity index (χ3v) is 6.40. The number of nitrogens with one attached hydrogen (secondary N) is 3. The number of thioether (sulfide) groups is 1. The Hall–Kier alpha value is -3.16. The molecule has 4 atom stereocenters. The SMILES string of the molecule is CSCCC(N)C(=O)NC(Cc1ccccc1)C(=O)NC(CCCCN)C(=O)NC(CCC(N)=O)C(=O)O. The fourth-order valence-corrected chi connectivity index (χ4v) is 4.05. The van der Waals surface area contributed by atoms with E-state index in [4.69, 9.17) is 17.2 Å². The Kier molecular flexibility index (Phi) is 15.7. The van der Waals surface area contributed by atoms with Crippen LogP contribution < -0.4 is 33.2 Å². The van der Waals surface area contributed by atoms with E-state index in [0.29, 0.717) is 31.6 Å². The third kappa shape index (κ3) is 12.9. The van der Waals surface area contributed by atoms with Crippen molar-refractivity contribution in [2.45, 2.75) is 69.1 Å². The lowest BCUT2D eigenvalue weighted by Crippen LogP contribution is -2.57. The number of rotatable bonds is 19. The first-order valence-corrected chi connectivity index (χ1v) is 13.9. The largest absolute Gasteiger partial charge is 0.480 e.